The lowest BCUT2D eigenvalue weighted by Crippen LogP contribution is -2.34. The Bertz CT molecular complexity index is 207. The number of hydrogen-bond acceptors (Lipinski definition) is 3. The maximum atomic E-state index is 12.4. The third kappa shape index (κ3) is 3.77. The van der Waals surface area contributed by atoms with E-state index in [4.69, 9.17) is 5.11 Å². The lowest BCUT2D eigenvalue weighted by molar-refractivity contribution is -0.153. The zero-order valence-corrected chi connectivity index (χ0v) is 7.77. The van der Waals surface area contributed by atoms with Crippen LogP contribution in [0.2, 0.25) is 0 Å². The summed E-state index contributed by atoms with van der Waals surface area (Å²) in [6.45, 7) is 0.182. The fourth-order valence-electron chi connectivity index (χ4n) is 0.560. The molecule has 0 spiro atoms. The first-order valence-corrected chi connectivity index (χ1v) is 4.73. The van der Waals surface area contributed by atoms with Gasteiger partial charge in [-0.3, -0.25) is 4.21 Å². The van der Waals surface area contributed by atoms with Gasteiger partial charge in [-0.1, -0.05) is 0 Å². The van der Waals surface area contributed by atoms with Gasteiger partial charge in [0.25, 0.3) is 0 Å². The minimum absolute atomic E-state index is 0.145. The van der Waals surface area contributed by atoms with Crippen molar-refractivity contribution in [2.45, 2.75) is 11.7 Å². The van der Waals surface area contributed by atoms with E-state index in [1.54, 1.807) is 0 Å². The maximum Gasteiger partial charge on any atom is 0.415 e. The third-order valence-electron chi connectivity index (χ3n) is 1.21. The molecule has 0 bridgehead atoms. The summed E-state index contributed by atoms with van der Waals surface area (Å²) in [4.78, 5) is 9.92. The van der Waals surface area contributed by atoms with Crippen molar-refractivity contribution in [1.29, 1.82) is 0 Å². The minimum Gasteiger partial charge on any atom is -0.476 e. The Kier molecular flexibility index (Phi) is 5.01. The van der Waals surface area contributed by atoms with Gasteiger partial charge in [-0.15, -0.1) is 0 Å². The summed E-state index contributed by atoms with van der Waals surface area (Å²) in [5.41, 5.74) is 0. The average Bonchev–Trinajstić information content (AvgIpc) is 2.04. The number of carboxylic acid groups (broad SMARTS) is 1. The number of rotatable bonds is 6. The summed E-state index contributed by atoms with van der Waals surface area (Å²) < 4.78 is 40.1. The monoisotopic (exact) mass is 216 g/mol. The molecule has 4 nitrogen and oxygen atoms in total. The molecule has 0 radical (unpaired) electrons. The van der Waals surface area contributed by atoms with Gasteiger partial charge in [0, 0.05) is 19.5 Å². The van der Waals surface area contributed by atoms with E-state index in [9.17, 15) is 17.8 Å². The maximum absolute atomic E-state index is 12.4. The summed E-state index contributed by atoms with van der Waals surface area (Å²) in [7, 11) is -1.30. The van der Waals surface area contributed by atoms with Gasteiger partial charge in [-0.2, -0.15) is 8.78 Å². The van der Waals surface area contributed by atoms with Crippen molar-refractivity contribution in [3.63, 3.8) is 0 Å². The molecule has 0 rings (SSSR count). The van der Waals surface area contributed by atoms with E-state index in [0.29, 0.717) is 0 Å². The molecule has 0 aliphatic carbocycles. The summed E-state index contributed by atoms with van der Waals surface area (Å²) >= 11 is 0. The van der Waals surface area contributed by atoms with Crippen molar-refractivity contribution in [3.8, 4) is 0 Å². The van der Waals surface area contributed by atoms with Crippen molar-refractivity contribution in [1.82, 2.24) is 0 Å². The summed E-state index contributed by atoms with van der Waals surface area (Å²) in [5.74, 6) is -2.74. The van der Waals surface area contributed by atoms with E-state index in [0.717, 1.165) is 0 Å². The van der Waals surface area contributed by atoms with Crippen LogP contribution in [-0.4, -0.2) is 40.0 Å². The van der Waals surface area contributed by atoms with E-state index in [-0.39, 0.29) is 18.8 Å². The van der Waals surface area contributed by atoms with Gasteiger partial charge in [0.15, 0.2) is 0 Å². The molecule has 13 heavy (non-hydrogen) atoms. The van der Waals surface area contributed by atoms with Crippen LogP contribution in [0.4, 0.5) is 8.78 Å². The molecule has 0 aromatic heterocycles. The Morgan fingerprint density at radius 2 is 2.15 bits per heavy atom. The fraction of sp³-hybridized carbons (Fsp3) is 0.833. The highest BCUT2D eigenvalue weighted by molar-refractivity contribution is 7.86. The molecule has 1 atom stereocenters. The molecule has 1 N–H and O–H groups in total. The standard InChI is InChI=1S/C6H10F2O4S/c1-12-3-2-4-13(11)6(7,8)5(9)10/h2-4H2,1H3,(H,9,10). The lowest BCUT2D eigenvalue weighted by Gasteiger charge is -2.09. The highest BCUT2D eigenvalue weighted by Crippen LogP contribution is 2.19. The van der Waals surface area contributed by atoms with Gasteiger partial charge in [0.2, 0.25) is 0 Å². The molecule has 0 saturated heterocycles. The minimum atomic E-state index is -4.16. The number of carbonyl (C=O) groups is 1. The molecule has 1 unspecified atom stereocenters. The second-order valence-electron chi connectivity index (χ2n) is 2.22. The van der Waals surface area contributed by atoms with E-state index in [1.165, 1.54) is 7.11 Å². The van der Waals surface area contributed by atoms with Crippen molar-refractivity contribution in [2.24, 2.45) is 0 Å². The van der Waals surface area contributed by atoms with Gasteiger partial charge in [-0.25, -0.2) is 4.79 Å². The third-order valence-corrected chi connectivity index (χ3v) is 2.62. The van der Waals surface area contributed by atoms with E-state index in [2.05, 4.69) is 4.74 Å². The van der Waals surface area contributed by atoms with Gasteiger partial charge in [0.1, 0.15) is 10.8 Å². The zero-order valence-electron chi connectivity index (χ0n) is 6.96. The molecule has 78 valence electrons. The predicted molar refractivity (Wildman–Crippen MR) is 42.1 cm³/mol. The van der Waals surface area contributed by atoms with Crippen LogP contribution in [0.3, 0.4) is 0 Å². The van der Waals surface area contributed by atoms with Crippen molar-refractivity contribution in [3.05, 3.63) is 0 Å². The number of alkyl halides is 2. The van der Waals surface area contributed by atoms with E-state index >= 15 is 0 Å². The SMILES string of the molecule is COCCCS(=O)C(F)(F)C(=O)O. The first kappa shape index (κ1) is 12.4. The molecular formula is C6H10F2O4S. The fourth-order valence-corrected chi connectivity index (χ4v) is 1.39. The first-order chi connectivity index (χ1) is 5.92. The first-order valence-electron chi connectivity index (χ1n) is 3.41. The number of carboxylic acids is 1. The molecule has 0 heterocycles. The smallest absolute Gasteiger partial charge is 0.415 e. The van der Waals surface area contributed by atoms with Gasteiger partial charge in [0.05, 0.1) is 0 Å². The Balaban J connectivity index is 4.03. The quantitative estimate of drug-likeness (QED) is 0.655. The van der Waals surface area contributed by atoms with Crippen LogP contribution in [0.5, 0.6) is 0 Å². The predicted octanol–water partition coefficient (Wildman–Crippen LogP) is 0.449. The van der Waals surface area contributed by atoms with Crippen LogP contribution < -0.4 is 0 Å². The van der Waals surface area contributed by atoms with E-state index in [1.807, 2.05) is 0 Å². The molecule has 0 saturated carbocycles. The second kappa shape index (κ2) is 5.23. The Hall–Kier alpha value is -0.560. The van der Waals surface area contributed by atoms with Crippen LogP contribution in [0.25, 0.3) is 0 Å². The van der Waals surface area contributed by atoms with E-state index < -0.39 is 22.0 Å². The molecule has 0 amide bonds. The summed E-state index contributed by atoms with van der Waals surface area (Å²) in [6.07, 6.45) is 0.145. The number of aliphatic carboxylic acids is 1. The molecule has 0 aliphatic rings. The zero-order chi connectivity index (χ0) is 10.5. The number of hydrogen-bond donors (Lipinski definition) is 1. The van der Waals surface area contributed by atoms with Crippen LogP contribution in [0.15, 0.2) is 0 Å². The summed E-state index contributed by atoms with van der Waals surface area (Å²) in [6, 6.07) is 0. The van der Waals surface area contributed by atoms with Crippen LogP contribution in [0.1, 0.15) is 6.42 Å². The highest BCUT2D eigenvalue weighted by atomic mass is 32.2. The molecule has 0 fully saturated rings. The normalized spacial score (nSPS) is 14.1. The average molecular weight is 216 g/mol. The molecular weight excluding hydrogens is 206 g/mol. The van der Waals surface area contributed by atoms with Crippen LogP contribution >= 0.6 is 0 Å². The number of halogens is 2. The van der Waals surface area contributed by atoms with Crippen LogP contribution in [0, 0.1) is 0 Å². The lowest BCUT2D eigenvalue weighted by atomic mass is 10.5. The summed E-state index contributed by atoms with van der Waals surface area (Å²) in [5, 5.41) is 3.83. The van der Waals surface area contributed by atoms with Crippen molar-refractivity contribution >= 4 is 16.8 Å². The molecule has 0 aromatic rings. The van der Waals surface area contributed by atoms with Crippen LogP contribution in [-0.2, 0) is 20.3 Å². The van der Waals surface area contributed by atoms with Crippen molar-refractivity contribution < 1.29 is 27.6 Å². The van der Waals surface area contributed by atoms with Crippen molar-refractivity contribution in [2.75, 3.05) is 19.5 Å². The van der Waals surface area contributed by atoms with Gasteiger partial charge < -0.3 is 9.84 Å². The molecule has 7 heteroatoms. The topological polar surface area (TPSA) is 63.6 Å². The Morgan fingerprint density at radius 1 is 1.62 bits per heavy atom. The second-order valence-corrected chi connectivity index (χ2v) is 3.83. The number of ether oxygens (including phenoxy) is 1. The largest absolute Gasteiger partial charge is 0.476 e. The number of methoxy groups -OCH3 is 1. The van der Waals surface area contributed by atoms with Gasteiger partial charge >= 0.3 is 11.2 Å². The molecule has 0 aliphatic heterocycles. The molecule has 0 aromatic carbocycles. The highest BCUT2D eigenvalue weighted by Gasteiger charge is 2.45. The Labute approximate surface area is 76.3 Å². The Morgan fingerprint density at radius 3 is 2.54 bits per heavy atom. The van der Waals surface area contributed by atoms with Gasteiger partial charge in [-0.05, 0) is 6.42 Å².